The van der Waals surface area contributed by atoms with Crippen molar-refractivity contribution in [3.8, 4) is 0 Å². The highest BCUT2D eigenvalue weighted by atomic mass is 32.2. The van der Waals surface area contributed by atoms with Crippen molar-refractivity contribution >= 4 is 40.2 Å². The molecule has 3 aromatic carbocycles. The first kappa shape index (κ1) is 25.1. The van der Waals surface area contributed by atoms with Gasteiger partial charge in [-0.3, -0.25) is 19.0 Å². The van der Waals surface area contributed by atoms with Crippen LogP contribution in [0, 0.1) is 12.7 Å². The molecule has 2 amide bonds. The Morgan fingerprint density at radius 2 is 1.69 bits per heavy atom. The second-order valence-corrected chi connectivity index (χ2v) is 9.17. The Bertz CT molecular complexity index is 1440. The number of para-hydroxylation sites is 1. The largest absolute Gasteiger partial charge is 0.352 e. The first-order valence-corrected chi connectivity index (χ1v) is 12.4. The van der Waals surface area contributed by atoms with Gasteiger partial charge in [-0.15, -0.1) is 0 Å². The second kappa shape index (κ2) is 11.6. The lowest BCUT2D eigenvalue weighted by atomic mass is 10.2. The lowest BCUT2D eigenvalue weighted by molar-refractivity contribution is -0.121. The van der Waals surface area contributed by atoms with Crippen LogP contribution in [-0.2, 0) is 22.7 Å². The maximum Gasteiger partial charge on any atom is 0.262 e. The first-order valence-electron chi connectivity index (χ1n) is 11.4. The number of anilines is 1. The van der Waals surface area contributed by atoms with Crippen molar-refractivity contribution in [1.82, 2.24) is 14.9 Å². The third kappa shape index (κ3) is 6.57. The van der Waals surface area contributed by atoms with E-state index in [2.05, 4.69) is 15.6 Å². The molecule has 2 N–H and O–H groups in total. The first-order chi connectivity index (χ1) is 17.4. The van der Waals surface area contributed by atoms with E-state index in [9.17, 15) is 18.8 Å². The van der Waals surface area contributed by atoms with Gasteiger partial charge in [-0.1, -0.05) is 53.7 Å². The van der Waals surface area contributed by atoms with Gasteiger partial charge in [0.1, 0.15) is 5.82 Å². The summed E-state index contributed by atoms with van der Waals surface area (Å²) in [5.41, 5.74) is 2.81. The third-order valence-electron chi connectivity index (χ3n) is 5.46. The number of amides is 2. The number of benzene rings is 3. The van der Waals surface area contributed by atoms with Gasteiger partial charge in [0.2, 0.25) is 11.8 Å². The smallest absolute Gasteiger partial charge is 0.262 e. The summed E-state index contributed by atoms with van der Waals surface area (Å²) in [6, 6.07) is 20.3. The van der Waals surface area contributed by atoms with E-state index in [-0.39, 0.29) is 48.5 Å². The summed E-state index contributed by atoms with van der Waals surface area (Å²) in [6.45, 7) is 2.33. The number of hydrogen-bond donors (Lipinski definition) is 2. The zero-order valence-electron chi connectivity index (χ0n) is 19.7. The van der Waals surface area contributed by atoms with Crippen molar-refractivity contribution in [2.75, 3.05) is 11.1 Å². The molecule has 1 aromatic heterocycles. The molecule has 184 valence electrons. The van der Waals surface area contributed by atoms with Crippen molar-refractivity contribution in [3.63, 3.8) is 0 Å². The van der Waals surface area contributed by atoms with Gasteiger partial charge in [-0.2, -0.15) is 0 Å². The van der Waals surface area contributed by atoms with Crippen LogP contribution in [0.2, 0.25) is 0 Å². The molecule has 0 radical (unpaired) electrons. The fraction of sp³-hybridized carbons (Fsp3) is 0.185. The summed E-state index contributed by atoms with van der Waals surface area (Å²) in [4.78, 5) is 42.7. The summed E-state index contributed by atoms with van der Waals surface area (Å²) in [5, 5.41) is 6.42. The maximum atomic E-state index is 13.2. The number of aryl methyl sites for hydroxylation is 1. The Kier molecular flexibility index (Phi) is 8.12. The van der Waals surface area contributed by atoms with Crippen LogP contribution in [0.4, 0.5) is 10.1 Å². The molecule has 0 bridgehead atoms. The number of aromatic nitrogens is 2. The highest BCUT2D eigenvalue weighted by Gasteiger charge is 2.15. The van der Waals surface area contributed by atoms with Crippen LogP contribution in [0.1, 0.15) is 17.5 Å². The van der Waals surface area contributed by atoms with Gasteiger partial charge < -0.3 is 10.6 Å². The number of nitrogens with zero attached hydrogens (tertiary/aromatic N) is 2. The summed E-state index contributed by atoms with van der Waals surface area (Å²) < 4.78 is 14.5. The van der Waals surface area contributed by atoms with E-state index in [1.165, 1.54) is 16.7 Å². The zero-order chi connectivity index (χ0) is 25.5. The van der Waals surface area contributed by atoms with E-state index in [0.29, 0.717) is 21.7 Å². The third-order valence-corrected chi connectivity index (χ3v) is 6.44. The Balaban J connectivity index is 1.44. The zero-order valence-corrected chi connectivity index (χ0v) is 20.5. The normalized spacial score (nSPS) is 10.8. The van der Waals surface area contributed by atoms with Gasteiger partial charge in [0.15, 0.2) is 5.16 Å². The molecule has 0 aliphatic rings. The Labute approximate surface area is 211 Å². The second-order valence-electron chi connectivity index (χ2n) is 8.22. The minimum absolute atomic E-state index is 0.0459. The van der Waals surface area contributed by atoms with E-state index in [1.54, 1.807) is 36.4 Å². The molecule has 0 spiro atoms. The van der Waals surface area contributed by atoms with Gasteiger partial charge in [0, 0.05) is 25.2 Å². The van der Waals surface area contributed by atoms with Crippen LogP contribution >= 0.6 is 11.8 Å². The average molecular weight is 505 g/mol. The monoisotopic (exact) mass is 504 g/mol. The quantitative estimate of drug-likeness (QED) is 0.262. The summed E-state index contributed by atoms with van der Waals surface area (Å²) in [5.74, 6) is -0.775. The number of nitrogens with one attached hydrogen (secondary N) is 2. The van der Waals surface area contributed by atoms with E-state index in [1.807, 2.05) is 31.2 Å². The summed E-state index contributed by atoms with van der Waals surface area (Å²) >= 11 is 1.14. The molecule has 0 saturated carbocycles. The highest BCUT2D eigenvalue weighted by Crippen LogP contribution is 2.19. The molecule has 7 nitrogen and oxygen atoms in total. The molecule has 0 unspecified atom stereocenters. The maximum absolute atomic E-state index is 13.2. The number of hydrogen-bond acceptors (Lipinski definition) is 5. The average Bonchev–Trinajstić information content (AvgIpc) is 2.88. The Hall–Kier alpha value is -3.98. The molecule has 0 fully saturated rings. The minimum atomic E-state index is -0.342. The summed E-state index contributed by atoms with van der Waals surface area (Å²) in [7, 11) is 0. The lowest BCUT2D eigenvalue weighted by Gasteiger charge is -2.13. The number of rotatable bonds is 9. The van der Waals surface area contributed by atoms with E-state index < -0.39 is 0 Å². The van der Waals surface area contributed by atoms with Gasteiger partial charge in [-0.25, -0.2) is 9.37 Å². The molecule has 4 aromatic rings. The topological polar surface area (TPSA) is 93.1 Å². The molecule has 0 aliphatic heterocycles. The highest BCUT2D eigenvalue weighted by molar-refractivity contribution is 7.99. The van der Waals surface area contributed by atoms with E-state index in [4.69, 9.17) is 0 Å². The van der Waals surface area contributed by atoms with E-state index >= 15 is 0 Å². The van der Waals surface area contributed by atoms with Gasteiger partial charge >= 0.3 is 0 Å². The van der Waals surface area contributed by atoms with Crippen molar-refractivity contribution in [2.24, 2.45) is 0 Å². The molecule has 0 saturated heterocycles. The molecule has 4 rings (SSSR count). The molecular formula is C27H25FN4O3S. The number of thioether (sulfide) groups is 1. The minimum Gasteiger partial charge on any atom is -0.352 e. The molecule has 0 aliphatic carbocycles. The fourth-order valence-electron chi connectivity index (χ4n) is 3.52. The molecule has 1 heterocycles. The van der Waals surface area contributed by atoms with E-state index in [0.717, 1.165) is 22.9 Å². The SMILES string of the molecule is Cc1ccc(NC(=O)CSc2nc3ccccc3c(=O)n2CCC(=O)NCc2ccc(F)cc2)cc1. The van der Waals surface area contributed by atoms with Crippen LogP contribution in [0.15, 0.2) is 82.7 Å². The predicted molar refractivity (Wildman–Crippen MR) is 139 cm³/mol. The Morgan fingerprint density at radius 3 is 2.44 bits per heavy atom. The Morgan fingerprint density at radius 1 is 0.972 bits per heavy atom. The molecule has 36 heavy (non-hydrogen) atoms. The molecule has 0 atom stereocenters. The molecular weight excluding hydrogens is 479 g/mol. The van der Waals surface area contributed by atoms with Gasteiger partial charge in [0.05, 0.1) is 16.7 Å². The van der Waals surface area contributed by atoms with Crippen molar-refractivity contribution < 1.29 is 14.0 Å². The van der Waals surface area contributed by atoms with Crippen molar-refractivity contribution in [1.29, 1.82) is 0 Å². The van der Waals surface area contributed by atoms with Crippen LogP contribution < -0.4 is 16.2 Å². The number of fused-ring (bicyclic) bond motifs is 1. The number of halogens is 1. The van der Waals surface area contributed by atoms with Gasteiger partial charge in [0.25, 0.3) is 5.56 Å². The summed E-state index contributed by atoms with van der Waals surface area (Å²) in [6.07, 6.45) is 0.0459. The predicted octanol–water partition coefficient (Wildman–Crippen LogP) is 4.28. The van der Waals surface area contributed by atoms with Crippen LogP contribution in [0.5, 0.6) is 0 Å². The fourth-order valence-corrected chi connectivity index (χ4v) is 4.35. The van der Waals surface area contributed by atoms with Crippen LogP contribution in [0.25, 0.3) is 10.9 Å². The molecule has 9 heteroatoms. The number of carbonyl (C=O) groups excluding carboxylic acids is 2. The van der Waals surface area contributed by atoms with Crippen molar-refractivity contribution in [2.45, 2.75) is 31.6 Å². The van der Waals surface area contributed by atoms with Crippen molar-refractivity contribution in [3.05, 3.63) is 100 Å². The number of carbonyl (C=O) groups is 2. The standard InChI is InChI=1S/C27H25FN4O3S/c1-18-6-12-21(13-7-18)30-25(34)17-36-27-31-23-5-3-2-4-22(23)26(35)32(27)15-14-24(33)29-16-19-8-10-20(28)11-9-19/h2-13H,14-17H2,1H3,(H,29,33)(H,30,34). The van der Waals surface area contributed by atoms with Crippen LogP contribution in [-0.4, -0.2) is 27.1 Å². The van der Waals surface area contributed by atoms with Gasteiger partial charge in [-0.05, 0) is 48.9 Å². The van der Waals surface area contributed by atoms with Crippen LogP contribution in [0.3, 0.4) is 0 Å². The lowest BCUT2D eigenvalue weighted by Crippen LogP contribution is -2.29.